The fraction of sp³-hybridized carbons (Fsp3) is 0. The van der Waals surface area contributed by atoms with E-state index in [1.54, 1.807) is 0 Å². The maximum atomic E-state index is 3.34. The van der Waals surface area contributed by atoms with E-state index < -0.39 is 0 Å². The molecular formula is C6H4AsBr. The van der Waals surface area contributed by atoms with Gasteiger partial charge in [0.25, 0.3) is 0 Å². The molecule has 1 aromatic rings. The van der Waals surface area contributed by atoms with E-state index in [0.29, 0.717) is 0 Å². The summed E-state index contributed by atoms with van der Waals surface area (Å²) in [7, 11) is 0. The third kappa shape index (κ3) is 1.64. The molecule has 0 aliphatic carbocycles. The van der Waals surface area contributed by atoms with Crippen LogP contribution >= 0.6 is 15.9 Å². The molecule has 0 unspecified atom stereocenters. The number of hydrogen-bond donors (Lipinski definition) is 0. The number of halogens is 1. The van der Waals surface area contributed by atoms with Gasteiger partial charge in [-0.15, -0.1) is 0 Å². The van der Waals surface area contributed by atoms with Crippen molar-refractivity contribution in [2.75, 3.05) is 0 Å². The normalized spacial score (nSPS) is 9.25. The molecule has 0 aliphatic heterocycles. The molecule has 2 heteroatoms. The first-order chi connectivity index (χ1) is 3.79. The van der Waals surface area contributed by atoms with Gasteiger partial charge in [-0.2, -0.15) is 0 Å². The predicted molar refractivity (Wildman–Crippen MR) is 39.5 cm³/mol. The zero-order valence-corrected chi connectivity index (χ0v) is 7.60. The fourth-order valence-corrected chi connectivity index (χ4v) is 1.02. The summed E-state index contributed by atoms with van der Waals surface area (Å²) < 4.78 is 2.37. The molecule has 0 atom stereocenters. The molecular weight excluding hydrogens is 227 g/mol. The molecule has 0 bridgehead atoms. The molecule has 0 aliphatic rings. The van der Waals surface area contributed by atoms with Gasteiger partial charge in [-0.1, -0.05) is 0 Å². The number of benzene rings is 1. The van der Waals surface area contributed by atoms with Crippen molar-refractivity contribution in [3.05, 3.63) is 28.7 Å². The third-order valence-electron chi connectivity index (χ3n) is 0.827. The molecule has 0 saturated carbocycles. The third-order valence-corrected chi connectivity index (χ3v) is 1.98. The van der Waals surface area contributed by atoms with Crippen molar-refractivity contribution in [1.29, 1.82) is 0 Å². The Morgan fingerprint density at radius 3 is 2.00 bits per heavy atom. The fourth-order valence-electron chi connectivity index (χ4n) is 0.441. The number of hydrogen-bond acceptors (Lipinski definition) is 0. The molecule has 1 aromatic carbocycles. The van der Waals surface area contributed by atoms with Crippen LogP contribution in [0.4, 0.5) is 0 Å². The summed E-state index contributed by atoms with van der Waals surface area (Å²) in [6.07, 6.45) is 0. The van der Waals surface area contributed by atoms with E-state index in [4.69, 9.17) is 0 Å². The molecule has 0 aromatic heterocycles. The van der Waals surface area contributed by atoms with Gasteiger partial charge in [0.15, 0.2) is 0 Å². The van der Waals surface area contributed by atoms with Crippen LogP contribution in [0.25, 0.3) is 0 Å². The van der Waals surface area contributed by atoms with Gasteiger partial charge in [-0.05, 0) is 0 Å². The van der Waals surface area contributed by atoms with E-state index in [2.05, 4.69) is 32.8 Å². The van der Waals surface area contributed by atoms with Crippen LogP contribution in [0.5, 0.6) is 0 Å². The van der Waals surface area contributed by atoms with Gasteiger partial charge in [0.2, 0.25) is 0 Å². The van der Waals surface area contributed by atoms with Gasteiger partial charge in [-0.3, -0.25) is 0 Å². The quantitative estimate of drug-likeness (QED) is 0.589. The van der Waals surface area contributed by atoms with Gasteiger partial charge in [0.05, 0.1) is 0 Å². The summed E-state index contributed by atoms with van der Waals surface area (Å²) in [5, 5.41) is 0. The van der Waals surface area contributed by atoms with Crippen molar-refractivity contribution < 1.29 is 0 Å². The maximum absolute atomic E-state index is 3.34. The van der Waals surface area contributed by atoms with Crippen LogP contribution < -0.4 is 4.35 Å². The summed E-state index contributed by atoms with van der Waals surface area (Å²) >= 11 is 5.83. The van der Waals surface area contributed by atoms with Crippen LogP contribution in [0, 0.1) is 0 Å². The Morgan fingerprint density at radius 1 is 1.12 bits per heavy atom. The van der Waals surface area contributed by atoms with Gasteiger partial charge >= 0.3 is 65.9 Å². The van der Waals surface area contributed by atoms with Crippen molar-refractivity contribution in [1.82, 2.24) is 0 Å². The minimum atomic E-state index is 1.13. The standard InChI is InChI=1S/C6H4AsBr/c7-5-1-3-6(8)4-2-5/h1-4H. The Balaban J connectivity index is 3.03. The van der Waals surface area contributed by atoms with E-state index in [-0.39, 0.29) is 0 Å². The molecule has 0 fully saturated rings. The van der Waals surface area contributed by atoms with Crippen LogP contribution in [-0.4, -0.2) is 16.9 Å². The van der Waals surface area contributed by atoms with E-state index in [0.717, 1.165) is 4.47 Å². The van der Waals surface area contributed by atoms with Crippen LogP contribution in [-0.2, 0) is 0 Å². The van der Waals surface area contributed by atoms with Gasteiger partial charge in [0.1, 0.15) is 0 Å². The Labute approximate surface area is 65.9 Å². The predicted octanol–water partition coefficient (Wildman–Crippen LogP) is 1.24. The average molecular weight is 231 g/mol. The van der Waals surface area contributed by atoms with Gasteiger partial charge in [-0.25, -0.2) is 0 Å². The summed E-state index contributed by atoms with van der Waals surface area (Å²) in [5.74, 6) is 0. The first-order valence-corrected chi connectivity index (χ1v) is 3.97. The second-order valence-electron chi connectivity index (χ2n) is 1.48. The van der Waals surface area contributed by atoms with E-state index >= 15 is 0 Å². The number of rotatable bonds is 0. The zero-order valence-electron chi connectivity index (χ0n) is 4.13. The molecule has 0 nitrogen and oxygen atoms in total. The van der Waals surface area contributed by atoms with Crippen molar-refractivity contribution in [2.45, 2.75) is 0 Å². The zero-order chi connectivity index (χ0) is 5.98. The molecule has 0 N–H and O–H groups in total. The Hall–Kier alpha value is 0.258. The van der Waals surface area contributed by atoms with Gasteiger partial charge in [0, 0.05) is 0 Å². The van der Waals surface area contributed by atoms with E-state index in [1.165, 1.54) is 4.35 Å². The molecule has 0 spiro atoms. The Morgan fingerprint density at radius 2 is 1.62 bits per heavy atom. The van der Waals surface area contributed by atoms with Crippen LogP contribution in [0.3, 0.4) is 0 Å². The average Bonchev–Trinajstić information content (AvgIpc) is 1.77. The summed E-state index contributed by atoms with van der Waals surface area (Å²) in [6, 6.07) is 8.13. The molecule has 0 heterocycles. The van der Waals surface area contributed by atoms with Crippen molar-refractivity contribution in [2.24, 2.45) is 0 Å². The Bertz CT molecular complexity index is 147. The second-order valence-corrected chi connectivity index (χ2v) is 3.48. The summed E-state index contributed by atoms with van der Waals surface area (Å²) in [6.45, 7) is 0. The second kappa shape index (κ2) is 2.70. The molecule has 2 radical (unpaired) electrons. The van der Waals surface area contributed by atoms with Crippen molar-refractivity contribution in [3.8, 4) is 0 Å². The SMILES string of the molecule is [As]c1ccc(Br)cc1. The van der Waals surface area contributed by atoms with Crippen LogP contribution in [0.15, 0.2) is 28.7 Å². The monoisotopic (exact) mass is 230 g/mol. The molecule has 1 rings (SSSR count). The molecule has 40 valence electrons. The summed E-state index contributed by atoms with van der Waals surface area (Å²) in [5.41, 5.74) is 0. The van der Waals surface area contributed by atoms with Crippen LogP contribution in [0.1, 0.15) is 0 Å². The molecule has 0 saturated heterocycles. The first kappa shape index (κ1) is 6.38. The minimum absolute atomic E-state index is 1.13. The molecule has 0 amide bonds. The molecule has 8 heavy (non-hydrogen) atoms. The van der Waals surface area contributed by atoms with E-state index in [9.17, 15) is 0 Å². The Kier molecular flexibility index (Phi) is 2.15. The first-order valence-electron chi connectivity index (χ1n) is 2.23. The van der Waals surface area contributed by atoms with Gasteiger partial charge < -0.3 is 0 Å². The van der Waals surface area contributed by atoms with Crippen molar-refractivity contribution >= 4 is 37.1 Å². The van der Waals surface area contributed by atoms with E-state index in [1.807, 2.05) is 24.3 Å². The van der Waals surface area contributed by atoms with Crippen LogP contribution in [0.2, 0.25) is 0 Å². The topological polar surface area (TPSA) is 0 Å². The summed E-state index contributed by atoms with van der Waals surface area (Å²) in [4.78, 5) is 0. The van der Waals surface area contributed by atoms with Crippen molar-refractivity contribution in [3.63, 3.8) is 0 Å².